The number of halogens is 2. The molecule has 0 saturated carbocycles. The van der Waals surface area contributed by atoms with Crippen molar-refractivity contribution in [3.63, 3.8) is 0 Å². The predicted octanol–water partition coefficient (Wildman–Crippen LogP) is 1.99. The molecule has 0 saturated heterocycles. The fourth-order valence-electron chi connectivity index (χ4n) is 1.26. The van der Waals surface area contributed by atoms with Gasteiger partial charge >= 0.3 is 0 Å². The molecule has 0 bridgehead atoms. The lowest BCUT2D eigenvalue weighted by atomic mass is 10.2. The normalized spacial score (nSPS) is 13.9. The number of aryl methyl sites for hydroxylation is 1. The van der Waals surface area contributed by atoms with Crippen LogP contribution in [0.2, 0.25) is 0 Å². The Kier molecular flexibility index (Phi) is 3.16. The zero-order valence-electron chi connectivity index (χ0n) is 8.96. The molecule has 1 aromatic heterocycles. The molecular formula is C9H14F2N4. The number of rotatable bonds is 4. The van der Waals surface area contributed by atoms with Gasteiger partial charge in [0.15, 0.2) is 0 Å². The van der Waals surface area contributed by atoms with Crippen LogP contribution < -0.4 is 0 Å². The molecule has 1 heterocycles. The average molecular weight is 216 g/mol. The second-order valence-electron chi connectivity index (χ2n) is 3.70. The van der Waals surface area contributed by atoms with E-state index >= 15 is 0 Å². The van der Waals surface area contributed by atoms with Gasteiger partial charge < -0.3 is 5.41 Å². The second kappa shape index (κ2) is 4.04. The SMILES string of the molecule is Cc1nc(C(C)C=N)n(CC(C)(F)F)n1. The van der Waals surface area contributed by atoms with Gasteiger partial charge in [-0.2, -0.15) is 5.10 Å². The van der Waals surface area contributed by atoms with Gasteiger partial charge in [0.05, 0.1) is 5.92 Å². The minimum Gasteiger partial charge on any atom is -0.312 e. The van der Waals surface area contributed by atoms with E-state index in [0.717, 1.165) is 13.1 Å². The minimum atomic E-state index is -2.82. The highest BCUT2D eigenvalue weighted by Gasteiger charge is 2.25. The lowest BCUT2D eigenvalue weighted by Gasteiger charge is -2.13. The Morgan fingerprint density at radius 1 is 1.60 bits per heavy atom. The molecule has 84 valence electrons. The molecule has 0 amide bonds. The van der Waals surface area contributed by atoms with E-state index in [1.807, 2.05) is 0 Å². The lowest BCUT2D eigenvalue weighted by molar-refractivity contribution is -0.000426. The van der Waals surface area contributed by atoms with E-state index < -0.39 is 12.5 Å². The van der Waals surface area contributed by atoms with Gasteiger partial charge in [0.25, 0.3) is 5.92 Å². The van der Waals surface area contributed by atoms with E-state index in [1.165, 1.54) is 4.68 Å². The summed E-state index contributed by atoms with van der Waals surface area (Å²) in [4.78, 5) is 4.03. The van der Waals surface area contributed by atoms with Crippen molar-refractivity contribution in [1.29, 1.82) is 5.41 Å². The van der Waals surface area contributed by atoms with Crippen LogP contribution in [-0.4, -0.2) is 26.9 Å². The number of hydrogen-bond acceptors (Lipinski definition) is 3. The van der Waals surface area contributed by atoms with Crippen LogP contribution >= 0.6 is 0 Å². The first-order valence-corrected chi connectivity index (χ1v) is 4.63. The van der Waals surface area contributed by atoms with Gasteiger partial charge in [0.2, 0.25) is 0 Å². The smallest absolute Gasteiger partial charge is 0.264 e. The van der Waals surface area contributed by atoms with Gasteiger partial charge in [-0.05, 0) is 6.92 Å². The highest BCUT2D eigenvalue weighted by atomic mass is 19.3. The monoisotopic (exact) mass is 216 g/mol. The molecule has 1 aromatic rings. The van der Waals surface area contributed by atoms with Gasteiger partial charge in [-0.3, -0.25) is 0 Å². The van der Waals surface area contributed by atoms with Gasteiger partial charge in [-0.1, -0.05) is 6.92 Å². The lowest BCUT2D eigenvalue weighted by Crippen LogP contribution is -2.22. The van der Waals surface area contributed by atoms with Crippen molar-refractivity contribution in [3.8, 4) is 0 Å². The third-order valence-corrected chi connectivity index (χ3v) is 1.89. The molecule has 1 atom stereocenters. The van der Waals surface area contributed by atoms with Gasteiger partial charge in [0, 0.05) is 13.1 Å². The first kappa shape index (κ1) is 11.7. The standard InChI is InChI=1S/C9H14F2N4/c1-6(4-12)8-13-7(2)14-15(8)5-9(3,10)11/h4,6,12H,5H2,1-3H3. The van der Waals surface area contributed by atoms with E-state index in [-0.39, 0.29) is 5.92 Å². The summed E-state index contributed by atoms with van der Waals surface area (Å²) in [6, 6.07) is 0. The average Bonchev–Trinajstić information content (AvgIpc) is 2.42. The summed E-state index contributed by atoms with van der Waals surface area (Å²) in [5.41, 5.74) is 0. The van der Waals surface area contributed by atoms with Crippen LogP contribution in [0.4, 0.5) is 8.78 Å². The molecule has 4 nitrogen and oxygen atoms in total. The topological polar surface area (TPSA) is 54.6 Å². The first-order valence-electron chi connectivity index (χ1n) is 4.63. The van der Waals surface area contributed by atoms with E-state index in [1.54, 1.807) is 13.8 Å². The zero-order valence-corrected chi connectivity index (χ0v) is 8.96. The highest BCUT2D eigenvalue weighted by Crippen LogP contribution is 2.18. The van der Waals surface area contributed by atoms with Gasteiger partial charge in [-0.25, -0.2) is 18.4 Å². The molecule has 0 radical (unpaired) electrons. The fourth-order valence-corrected chi connectivity index (χ4v) is 1.26. The predicted molar refractivity (Wildman–Crippen MR) is 52.6 cm³/mol. The summed E-state index contributed by atoms with van der Waals surface area (Å²) in [7, 11) is 0. The Labute approximate surface area is 86.8 Å². The van der Waals surface area contributed by atoms with Crippen LogP contribution in [0.25, 0.3) is 0 Å². The first-order chi connectivity index (χ1) is 6.83. The van der Waals surface area contributed by atoms with Crippen LogP contribution in [0, 0.1) is 12.3 Å². The van der Waals surface area contributed by atoms with E-state index in [2.05, 4.69) is 10.1 Å². The Balaban J connectivity index is 3.01. The Bertz CT molecular complexity index is 353. The van der Waals surface area contributed by atoms with Crippen molar-refractivity contribution >= 4 is 6.21 Å². The molecule has 0 aliphatic carbocycles. The number of nitrogens with one attached hydrogen (secondary N) is 1. The molecule has 0 aromatic carbocycles. The maximum Gasteiger partial charge on any atom is 0.264 e. The summed E-state index contributed by atoms with van der Waals surface area (Å²) in [5, 5.41) is 11.0. The molecule has 1 unspecified atom stereocenters. The van der Waals surface area contributed by atoms with E-state index in [9.17, 15) is 8.78 Å². The summed E-state index contributed by atoms with van der Waals surface area (Å²) >= 11 is 0. The summed E-state index contributed by atoms with van der Waals surface area (Å²) in [6.07, 6.45) is 1.16. The van der Waals surface area contributed by atoms with Crippen molar-refractivity contribution in [2.75, 3.05) is 0 Å². The van der Waals surface area contributed by atoms with Crippen LogP contribution in [0.3, 0.4) is 0 Å². The minimum absolute atomic E-state index is 0.298. The Hall–Kier alpha value is -1.33. The van der Waals surface area contributed by atoms with Gasteiger partial charge in [-0.15, -0.1) is 0 Å². The maximum absolute atomic E-state index is 12.8. The summed E-state index contributed by atoms with van der Waals surface area (Å²) in [5.74, 6) is -2.27. The molecule has 15 heavy (non-hydrogen) atoms. The Morgan fingerprint density at radius 2 is 2.20 bits per heavy atom. The van der Waals surface area contributed by atoms with Gasteiger partial charge in [0.1, 0.15) is 18.2 Å². The van der Waals surface area contributed by atoms with Crippen molar-refractivity contribution < 1.29 is 8.78 Å². The third-order valence-electron chi connectivity index (χ3n) is 1.89. The van der Waals surface area contributed by atoms with Crippen molar-refractivity contribution in [1.82, 2.24) is 14.8 Å². The molecule has 0 aliphatic rings. The van der Waals surface area contributed by atoms with Crippen molar-refractivity contribution in [3.05, 3.63) is 11.6 Å². The number of nitrogens with zero attached hydrogens (tertiary/aromatic N) is 3. The number of hydrogen-bond donors (Lipinski definition) is 1. The summed E-state index contributed by atoms with van der Waals surface area (Å²) < 4.78 is 26.8. The maximum atomic E-state index is 12.8. The third kappa shape index (κ3) is 3.07. The molecule has 6 heteroatoms. The quantitative estimate of drug-likeness (QED) is 0.782. The number of aromatic nitrogens is 3. The van der Waals surface area contributed by atoms with E-state index in [4.69, 9.17) is 5.41 Å². The van der Waals surface area contributed by atoms with Crippen molar-refractivity contribution in [2.45, 2.75) is 39.2 Å². The summed E-state index contributed by atoms with van der Waals surface area (Å²) in [6.45, 7) is 3.70. The largest absolute Gasteiger partial charge is 0.312 e. The Morgan fingerprint density at radius 3 is 2.67 bits per heavy atom. The molecule has 0 aliphatic heterocycles. The van der Waals surface area contributed by atoms with Crippen LogP contribution in [-0.2, 0) is 6.54 Å². The number of alkyl halides is 2. The van der Waals surface area contributed by atoms with Crippen LogP contribution in [0.1, 0.15) is 31.4 Å². The van der Waals surface area contributed by atoms with Crippen LogP contribution in [0.5, 0.6) is 0 Å². The fraction of sp³-hybridized carbons (Fsp3) is 0.667. The molecule has 1 N–H and O–H groups in total. The molecule has 0 spiro atoms. The van der Waals surface area contributed by atoms with Crippen LogP contribution in [0.15, 0.2) is 0 Å². The second-order valence-corrected chi connectivity index (χ2v) is 3.70. The zero-order chi connectivity index (χ0) is 11.6. The molecule has 1 rings (SSSR count). The highest BCUT2D eigenvalue weighted by molar-refractivity contribution is 5.62. The van der Waals surface area contributed by atoms with E-state index in [0.29, 0.717) is 11.6 Å². The molecule has 0 fully saturated rings. The molecular weight excluding hydrogens is 202 g/mol. The van der Waals surface area contributed by atoms with Crippen molar-refractivity contribution in [2.24, 2.45) is 0 Å².